The van der Waals surface area contributed by atoms with E-state index in [0.717, 1.165) is 19.3 Å². The summed E-state index contributed by atoms with van der Waals surface area (Å²) in [5.74, 6) is -0.0510. The van der Waals surface area contributed by atoms with Crippen LogP contribution in [0.2, 0.25) is 0 Å². The fourth-order valence-electron chi connectivity index (χ4n) is 2.30. The summed E-state index contributed by atoms with van der Waals surface area (Å²) in [5.41, 5.74) is 6.22. The van der Waals surface area contributed by atoms with E-state index in [2.05, 4.69) is 0 Å². The molecule has 2 unspecified atom stereocenters. The van der Waals surface area contributed by atoms with Crippen molar-refractivity contribution in [1.29, 1.82) is 5.26 Å². The van der Waals surface area contributed by atoms with Gasteiger partial charge in [0.15, 0.2) is 9.84 Å². The summed E-state index contributed by atoms with van der Waals surface area (Å²) in [6.07, 6.45) is 2.73. The van der Waals surface area contributed by atoms with Gasteiger partial charge in [-0.2, -0.15) is 5.26 Å². The Morgan fingerprint density at radius 2 is 2.00 bits per heavy atom. The van der Waals surface area contributed by atoms with Gasteiger partial charge in [-0.25, -0.2) is 8.42 Å². The van der Waals surface area contributed by atoms with Crippen LogP contribution in [0.4, 0.5) is 0 Å². The summed E-state index contributed by atoms with van der Waals surface area (Å²) >= 11 is 0. The van der Waals surface area contributed by atoms with Crippen LogP contribution in [0.25, 0.3) is 0 Å². The average Bonchev–Trinajstić information content (AvgIpc) is 2.84. The molecular formula is C14H18N2O3S. The normalized spacial score (nSPS) is 22.6. The standard InChI is InChI=1S/C14H18N2O3S/c15-10-11-1-5-14(6-2-11)20(17,18)8-7-19-13-4-3-12(16)9-13/h1-2,5-6,12-13H,3-4,7-9,16H2. The molecule has 0 bridgehead atoms. The molecule has 108 valence electrons. The van der Waals surface area contributed by atoms with Gasteiger partial charge in [-0.15, -0.1) is 0 Å². The smallest absolute Gasteiger partial charge is 0.180 e. The van der Waals surface area contributed by atoms with E-state index >= 15 is 0 Å². The molecule has 0 radical (unpaired) electrons. The first-order valence-electron chi connectivity index (χ1n) is 6.61. The Balaban J connectivity index is 1.88. The van der Waals surface area contributed by atoms with E-state index in [4.69, 9.17) is 15.7 Å². The molecule has 20 heavy (non-hydrogen) atoms. The van der Waals surface area contributed by atoms with Crippen LogP contribution in [-0.4, -0.2) is 32.9 Å². The van der Waals surface area contributed by atoms with E-state index in [-0.39, 0.29) is 29.4 Å². The number of hydrogen-bond acceptors (Lipinski definition) is 5. The molecule has 0 saturated heterocycles. The van der Waals surface area contributed by atoms with E-state index in [1.54, 1.807) is 0 Å². The van der Waals surface area contributed by atoms with E-state index in [9.17, 15) is 8.42 Å². The highest BCUT2D eigenvalue weighted by Gasteiger charge is 2.23. The lowest BCUT2D eigenvalue weighted by molar-refractivity contribution is 0.0688. The average molecular weight is 294 g/mol. The number of ether oxygens (including phenoxy) is 1. The predicted molar refractivity (Wildman–Crippen MR) is 74.8 cm³/mol. The van der Waals surface area contributed by atoms with E-state index in [1.807, 2.05) is 6.07 Å². The van der Waals surface area contributed by atoms with Gasteiger partial charge in [-0.05, 0) is 43.5 Å². The van der Waals surface area contributed by atoms with Crippen LogP contribution in [0.3, 0.4) is 0 Å². The van der Waals surface area contributed by atoms with Gasteiger partial charge in [0.2, 0.25) is 0 Å². The van der Waals surface area contributed by atoms with Crippen molar-refractivity contribution in [3.8, 4) is 6.07 Å². The maximum atomic E-state index is 12.1. The van der Waals surface area contributed by atoms with E-state index < -0.39 is 9.84 Å². The Bertz CT molecular complexity index is 590. The molecule has 1 aliphatic carbocycles. The molecule has 1 saturated carbocycles. The summed E-state index contributed by atoms with van der Waals surface area (Å²) in [5, 5.41) is 8.69. The fourth-order valence-corrected chi connectivity index (χ4v) is 3.41. The van der Waals surface area contributed by atoms with Gasteiger partial charge in [0.05, 0.1) is 35.0 Å². The molecule has 6 heteroatoms. The molecular weight excluding hydrogens is 276 g/mol. The van der Waals surface area contributed by atoms with Crippen LogP contribution < -0.4 is 5.73 Å². The van der Waals surface area contributed by atoms with Gasteiger partial charge >= 0.3 is 0 Å². The van der Waals surface area contributed by atoms with Gasteiger partial charge in [0.25, 0.3) is 0 Å². The molecule has 2 N–H and O–H groups in total. The van der Waals surface area contributed by atoms with Crippen LogP contribution in [0.5, 0.6) is 0 Å². The highest BCUT2D eigenvalue weighted by molar-refractivity contribution is 7.91. The molecule has 1 fully saturated rings. The second kappa shape index (κ2) is 6.35. The zero-order chi connectivity index (χ0) is 14.6. The Labute approximate surface area is 119 Å². The number of nitrogens with two attached hydrogens (primary N) is 1. The van der Waals surface area contributed by atoms with Gasteiger partial charge in [-0.1, -0.05) is 0 Å². The zero-order valence-electron chi connectivity index (χ0n) is 11.2. The lowest BCUT2D eigenvalue weighted by atomic mass is 10.2. The van der Waals surface area contributed by atoms with E-state index in [1.165, 1.54) is 24.3 Å². The summed E-state index contributed by atoms with van der Waals surface area (Å²) < 4.78 is 29.7. The van der Waals surface area contributed by atoms with Crippen molar-refractivity contribution in [2.24, 2.45) is 5.73 Å². The van der Waals surface area contributed by atoms with Crippen molar-refractivity contribution in [3.05, 3.63) is 29.8 Å². The first-order chi connectivity index (χ1) is 9.51. The molecule has 1 aliphatic rings. The summed E-state index contributed by atoms with van der Waals surface area (Å²) in [7, 11) is -3.36. The Morgan fingerprint density at radius 3 is 2.55 bits per heavy atom. The molecule has 0 heterocycles. The van der Waals surface area contributed by atoms with Gasteiger partial charge < -0.3 is 10.5 Å². The first-order valence-corrected chi connectivity index (χ1v) is 8.26. The molecule has 2 rings (SSSR count). The highest BCUT2D eigenvalue weighted by atomic mass is 32.2. The highest BCUT2D eigenvalue weighted by Crippen LogP contribution is 2.20. The second-order valence-corrected chi connectivity index (χ2v) is 7.13. The van der Waals surface area contributed by atoms with Crippen molar-refractivity contribution in [1.82, 2.24) is 0 Å². The number of benzene rings is 1. The zero-order valence-corrected chi connectivity index (χ0v) is 12.0. The number of nitrogens with zero attached hydrogens (tertiary/aromatic N) is 1. The third kappa shape index (κ3) is 3.79. The molecule has 5 nitrogen and oxygen atoms in total. The third-order valence-corrected chi connectivity index (χ3v) is 5.17. The Morgan fingerprint density at radius 1 is 1.30 bits per heavy atom. The molecule has 0 spiro atoms. The van der Waals surface area contributed by atoms with E-state index in [0.29, 0.717) is 5.56 Å². The summed E-state index contributed by atoms with van der Waals surface area (Å²) in [6.45, 7) is 0.180. The summed E-state index contributed by atoms with van der Waals surface area (Å²) in [4.78, 5) is 0.225. The van der Waals surface area contributed by atoms with Crippen LogP contribution in [0.1, 0.15) is 24.8 Å². The first kappa shape index (κ1) is 15.0. The topological polar surface area (TPSA) is 93.2 Å². The number of hydrogen-bond donors (Lipinski definition) is 1. The molecule has 0 aliphatic heterocycles. The van der Waals surface area contributed by atoms with Gasteiger partial charge in [0, 0.05) is 6.04 Å². The maximum absolute atomic E-state index is 12.1. The van der Waals surface area contributed by atoms with Crippen LogP contribution >= 0.6 is 0 Å². The number of sulfone groups is 1. The van der Waals surface area contributed by atoms with Crippen molar-refractivity contribution in [2.75, 3.05) is 12.4 Å². The molecule has 0 amide bonds. The van der Waals surface area contributed by atoms with Crippen LogP contribution in [-0.2, 0) is 14.6 Å². The van der Waals surface area contributed by atoms with Crippen LogP contribution in [0, 0.1) is 11.3 Å². The lowest BCUT2D eigenvalue weighted by Gasteiger charge is -2.11. The van der Waals surface area contributed by atoms with Crippen LogP contribution in [0.15, 0.2) is 29.2 Å². The minimum absolute atomic E-state index is 0.0510. The maximum Gasteiger partial charge on any atom is 0.180 e. The van der Waals surface area contributed by atoms with Crippen molar-refractivity contribution in [2.45, 2.75) is 36.3 Å². The number of rotatable bonds is 5. The van der Waals surface area contributed by atoms with Crippen molar-refractivity contribution < 1.29 is 13.2 Å². The molecule has 1 aromatic carbocycles. The Kier molecular flexibility index (Phi) is 4.76. The third-order valence-electron chi connectivity index (χ3n) is 3.47. The number of nitriles is 1. The minimum atomic E-state index is -3.36. The lowest BCUT2D eigenvalue weighted by Crippen LogP contribution is -2.20. The molecule has 1 aromatic rings. The SMILES string of the molecule is N#Cc1ccc(S(=O)(=O)CCOC2CCC(N)C2)cc1. The van der Waals surface area contributed by atoms with Gasteiger partial charge in [-0.3, -0.25) is 0 Å². The fraction of sp³-hybridized carbons (Fsp3) is 0.500. The monoisotopic (exact) mass is 294 g/mol. The molecule has 2 atom stereocenters. The van der Waals surface area contributed by atoms with Crippen molar-refractivity contribution >= 4 is 9.84 Å². The predicted octanol–water partition coefficient (Wildman–Crippen LogP) is 1.23. The quantitative estimate of drug-likeness (QED) is 0.881. The largest absolute Gasteiger partial charge is 0.377 e. The molecule has 0 aromatic heterocycles. The minimum Gasteiger partial charge on any atom is -0.377 e. The second-order valence-electron chi connectivity index (χ2n) is 5.02. The van der Waals surface area contributed by atoms with Crippen molar-refractivity contribution in [3.63, 3.8) is 0 Å². The Hall–Kier alpha value is -1.42. The van der Waals surface area contributed by atoms with Gasteiger partial charge in [0.1, 0.15) is 0 Å². The summed E-state index contributed by atoms with van der Waals surface area (Å²) in [6, 6.07) is 8.06.